The molecule has 39 heavy (non-hydrogen) atoms. The molecule has 0 saturated carbocycles. The van der Waals surface area contributed by atoms with E-state index in [2.05, 4.69) is 0 Å². The number of nitrogens with zero attached hydrogens (tertiary/aromatic N) is 3. The van der Waals surface area contributed by atoms with Crippen LogP contribution in [0, 0.1) is 13.8 Å². The molecule has 11 heteroatoms. The summed E-state index contributed by atoms with van der Waals surface area (Å²) in [6.45, 7) is 6.23. The van der Waals surface area contributed by atoms with E-state index in [9.17, 15) is 21.6 Å². The van der Waals surface area contributed by atoms with Gasteiger partial charge in [0, 0.05) is 26.2 Å². The second-order valence-electron chi connectivity index (χ2n) is 9.35. The summed E-state index contributed by atoms with van der Waals surface area (Å²) in [4.78, 5) is 15.1. The number of hydrogen-bond acceptors (Lipinski definition) is 6. The zero-order chi connectivity index (χ0) is 28.2. The van der Waals surface area contributed by atoms with Gasteiger partial charge in [-0.2, -0.15) is 4.31 Å². The summed E-state index contributed by atoms with van der Waals surface area (Å²) in [6.07, 6.45) is 0. The van der Waals surface area contributed by atoms with Crippen LogP contribution in [-0.4, -0.2) is 71.3 Å². The van der Waals surface area contributed by atoms with Crippen LogP contribution in [0.3, 0.4) is 0 Å². The van der Waals surface area contributed by atoms with Crippen molar-refractivity contribution in [2.75, 3.05) is 43.6 Å². The van der Waals surface area contributed by atoms with E-state index < -0.39 is 32.5 Å². The Balaban J connectivity index is 1.52. The Kier molecular flexibility index (Phi) is 8.63. The molecule has 0 unspecified atom stereocenters. The van der Waals surface area contributed by atoms with Gasteiger partial charge in [-0.3, -0.25) is 9.10 Å². The number of sulfonamides is 2. The summed E-state index contributed by atoms with van der Waals surface area (Å²) in [5.41, 5.74) is 2.28. The van der Waals surface area contributed by atoms with E-state index in [0.717, 1.165) is 15.4 Å². The summed E-state index contributed by atoms with van der Waals surface area (Å²) in [5, 5.41) is 0. The normalized spacial score (nSPS) is 14.7. The van der Waals surface area contributed by atoms with Gasteiger partial charge in [0.25, 0.3) is 10.0 Å². The molecule has 0 radical (unpaired) electrons. The Morgan fingerprint density at radius 2 is 1.28 bits per heavy atom. The Bertz CT molecular complexity index is 1500. The topological polar surface area (TPSA) is 104 Å². The third-order valence-corrected chi connectivity index (χ3v) is 10.3. The highest BCUT2D eigenvalue weighted by atomic mass is 32.2. The molecule has 0 N–H and O–H groups in total. The third kappa shape index (κ3) is 6.43. The first-order valence-electron chi connectivity index (χ1n) is 12.7. The van der Waals surface area contributed by atoms with Crippen molar-refractivity contribution in [3.05, 3.63) is 83.9 Å². The second kappa shape index (κ2) is 11.8. The molecule has 1 fully saturated rings. The van der Waals surface area contributed by atoms with Crippen LogP contribution in [0.1, 0.15) is 18.1 Å². The maximum absolute atomic E-state index is 13.7. The first-order chi connectivity index (χ1) is 18.5. The molecule has 4 rings (SSSR count). The number of amides is 1. The van der Waals surface area contributed by atoms with E-state index in [1.54, 1.807) is 60.7 Å². The van der Waals surface area contributed by atoms with Gasteiger partial charge in [-0.1, -0.05) is 35.4 Å². The predicted molar refractivity (Wildman–Crippen MR) is 150 cm³/mol. The lowest BCUT2D eigenvalue weighted by molar-refractivity contribution is -0.130. The minimum Gasteiger partial charge on any atom is -0.494 e. The Hall–Kier alpha value is -3.41. The second-order valence-corrected chi connectivity index (χ2v) is 13.1. The Morgan fingerprint density at radius 3 is 1.82 bits per heavy atom. The number of piperazine rings is 1. The van der Waals surface area contributed by atoms with Gasteiger partial charge in [0.05, 0.1) is 22.1 Å². The number of rotatable bonds is 9. The van der Waals surface area contributed by atoms with Gasteiger partial charge in [-0.25, -0.2) is 16.8 Å². The van der Waals surface area contributed by atoms with Crippen molar-refractivity contribution in [2.24, 2.45) is 0 Å². The molecule has 3 aromatic carbocycles. The molecule has 1 heterocycles. The van der Waals surface area contributed by atoms with Crippen molar-refractivity contribution >= 4 is 31.6 Å². The standard InChI is InChI=1S/C28H33N3O6S2/c1-4-37-25-11-15-27(16-12-25)39(35,36)31(24-9-5-22(2)6-10-24)21-28(32)29-17-19-30(20-18-29)38(33,34)26-13-7-23(3)8-14-26/h5-16H,4,17-21H2,1-3H3. The molecule has 0 aliphatic carbocycles. The van der Waals surface area contributed by atoms with Crippen molar-refractivity contribution in [1.82, 2.24) is 9.21 Å². The highest BCUT2D eigenvalue weighted by molar-refractivity contribution is 7.92. The van der Waals surface area contributed by atoms with Crippen LogP contribution in [0.5, 0.6) is 5.75 Å². The van der Waals surface area contributed by atoms with Crippen LogP contribution < -0.4 is 9.04 Å². The smallest absolute Gasteiger partial charge is 0.264 e. The SMILES string of the molecule is CCOc1ccc(S(=O)(=O)N(CC(=O)N2CCN(S(=O)(=O)c3ccc(C)cc3)CC2)c2ccc(C)cc2)cc1. The first kappa shape index (κ1) is 28.6. The van der Waals surface area contributed by atoms with E-state index in [-0.39, 0.29) is 36.0 Å². The maximum Gasteiger partial charge on any atom is 0.264 e. The molecule has 1 saturated heterocycles. The number of hydrogen-bond donors (Lipinski definition) is 0. The predicted octanol–water partition coefficient (Wildman–Crippen LogP) is 3.43. The van der Waals surface area contributed by atoms with Crippen molar-refractivity contribution in [3.63, 3.8) is 0 Å². The van der Waals surface area contributed by atoms with E-state index in [1.807, 2.05) is 20.8 Å². The number of aryl methyl sites for hydroxylation is 2. The van der Waals surface area contributed by atoms with Gasteiger partial charge < -0.3 is 9.64 Å². The largest absolute Gasteiger partial charge is 0.494 e. The van der Waals surface area contributed by atoms with Gasteiger partial charge >= 0.3 is 0 Å². The lowest BCUT2D eigenvalue weighted by Gasteiger charge is -2.35. The molecule has 0 aromatic heterocycles. The first-order valence-corrected chi connectivity index (χ1v) is 15.6. The van der Waals surface area contributed by atoms with E-state index in [0.29, 0.717) is 18.0 Å². The molecular formula is C28H33N3O6S2. The fraction of sp³-hybridized carbons (Fsp3) is 0.321. The van der Waals surface area contributed by atoms with Crippen LogP contribution in [0.4, 0.5) is 5.69 Å². The van der Waals surface area contributed by atoms with Crippen molar-refractivity contribution in [3.8, 4) is 5.75 Å². The lowest BCUT2D eigenvalue weighted by Crippen LogP contribution is -2.53. The maximum atomic E-state index is 13.7. The van der Waals surface area contributed by atoms with Crippen LogP contribution in [0.2, 0.25) is 0 Å². The van der Waals surface area contributed by atoms with Gasteiger partial charge in [0.2, 0.25) is 15.9 Å². The zero-order valence-corrected chi connectivity index (χ0v) is 23.9. The lowest BCUT2D eigenvalue weighted by atomic mass is 10.2. The number of ether oxygens (including phenoxy) is 1. The Morgan fingerprint density at radius 1 is 0.769 bits per heavy atom. The number of benzene rings is 3. The van der Waals surface area contributed by atoms with Crippen LogP contribution in [-0.2, 0) is 24.8 Å². The monoisotopic (exact) mass is 571 g/mol. The van der Waals surface area contributed by atoms with Gasteiger partial charge in [0.1, 0.15) is 12.3 Å². The minimum atomic E-state index is -4.08. The fourth-order valence-electron chi connectivity index (χ4n) is 4.29. The van der Waals surface area contributed by atoms with E-state index in [4.69, 9.17) is 4.74 Å². The highest BCUT2D eigenvalue weighted by Crippen LogP contribution is 2.26. The third-order valence-electron chi connectivity index (χ3n) is 6.57. The molecule has 0 spiro atoms. The molecule has 208 valence electrons. The zero-order valence-electron chi connectivity index (χ0n) is 22.3. The average Bonchev–Trinajstić information content (AvgIpc) is 2.93. The van der Waals surface area contributed by atoms with Crippen molar-refractivity contribution in [1.29, 1.82) is 0 Å². The quantitative estimate of drug-likeness (QED) is 0.390. The van der Waals surface area contributed by atoms with E-state index in [1.165, 1.54) is 21.3 Å². The summed E-state index contributed by atoms with van der Waals surface area (Å²) in [6, 6.07) is 19.6. The van der Waals surface area contributed by atoms with Crippen LogP contribution in [0.15, 0.2) is 82.6 Å². The minimum absolute atomic E-state index is 0.0355. The van der Waals surface area contributed by atoms with Crippen molar-refractivity contribution in [2.45, 2.75) is 30.6 Å². The highest BCUT2D eigenvalue weighted by Gasteiger charge is 2.33. The van der Waals surface area contributed by atoms with Crippen LogP contribution >= 0.6 is 0 Å². The molecule has 1 aliphatic rings. The molecule has 0 atom stereocenters. The molecule has 1 amide bonds. The van der Waals surface area contributed by atoms with Gasteiger partial charge in [-0.15, -0.1) is 0 Å². The van der Waals surface area contributed by atoms with Crippen LogP contribution in [0.25, 0.3) is 0 Å². The number of carbonyl (C=O) groups excluding carboxylic acids is 1. The summed E-state index contributed by atoms with van der Waals surface area (Å²) in [5.74, 6) is 0.144. The summed E-state index contributed by atoms with van der Waals surface area (Å²) < 4.78 is 61.4. The molecule has 9 nitrogen and oxygen atoms in total. The molecule has 0 bridgehead atoms. The average molecular weight is 572 g/mol. The van der Waals surface area contributed by atoms with E-state index >= 15 is 0 Å². The number of carbonyl (C=O) groups is 1. The Labute approximate surface area is 230 Å². The fourth-order valence-corrected chi connectivity index (χ4v) is 7.12. The summed E-state index contributed by atoms with van der Waals surface area (Å²) >= 11 is 0. The molecule has 1 aliphatic heterocycles. The van der Waals surface area contributed by atoms with Crippen molar-refractivity contribution < 1.29 is 26.4 Å². The van der Waals surface area contributed by atoms with Gasteiger partial charge in [0.15, 0.2) is 0 Å². The molecular weight excluding hydrogens is 538 g/mol. The van der Waals surface area contributed by atoms with Gasteiger partial charge in [-0.05, 0) is 69.3 Å². The number of anilines is 1. The summed E-state index contributed by atoms with van der Waals surface area (Å²) in [7, 11) is -7.77. The molecule has 3 aromatic rings.